The number of thiazole rings is 1. The first kappa shape index (κ1) is 23.4. The van der Waals surface area contributed by atoms with Gasteiger partial charge in [0.2, 0.25) is 11.8 Å². The van der Waals surface area contributed by atoms with Crippen molar-refractivity contribution in [3.05, 3.63) is 57.9 Å². The maximum Gasteiger partial charge on any atom is 0.309 e. The number of nitrogen functional groups attached to an aromatic ring is 1. The van der Waals surface area contributed by atoms with Crippen LogP contribution in [0.15, 0.2) is 51.9 Å². The molecule has 7 rings (SSSR count). The summed E-state index contributed by atoms with van der Waals surface area (Å²) in [6.45, 7) is 5.15. The molecule has 3 N–H and O–H groups in total. The minimum atomic E-state index is -0.0718. The van der Waals surface area contributed by atoms with Gasteiger partial charge in [0.25, 0.3) is 0 Å². The standard InChI is InChI=1S/C26H28N8O3S/c27-25-30-23-21(24-29-22(31-34(24)25)20-2-1-13-36-20)38-26(35)33(23)12-11-32-9-7-17(8-10-32)16-3-5-18(6-4-16)37-19-14-28-15-19/h1-6,13,17,19,28H,7-12,14-15H2,(H2,27,30). The van der Waals surface area contributed by atoms with Crippen LogP contribution in [-0.4, -0.2) is 67.9 Å². The molecule has 2 aliphatic rings. The lowest BCUT2D eigenvalue weighted by Crippen LogP contribution is -2.50. The number of nitrogens with two attached hydrogens (primary N) is 1. The van der Waals surface area contributed by atoms with Crippen LogP contribution in [0.4, 0.5) is 5.95 Å². The van der Waals surface area contributed by atoms with Crippen LogP contribution in [0.2, 0.25) is 0 Å². The molecule has 0 bridgehead atoms. The van der Waals surface area contributed by atoms with Gasteiger partial charge in [-0.2, -0.15) is 9.50 Å². The number of hydrogen-bond donors (Lipinski definition) is 2. The SMILES string of the molecule is Nc1nc2c(sc(=O)n2CCN2CCC(c3ccc(OC4CNC4)cc3)CC2)c2nc(-c3ccco3)nn12. The molecule has 38 heavy (non-hydrogen) atoms. The first-order valence-corrected chi connectivity index (χ1v) is 13.7. The van der Waals surface area contributed by atoms with Crippen molar-refractivity contribution in [2.24, 2.45) is 0 Å². The van der Waals surface area contributed by atoms with E-state index in [1.165, 1.54) is 10.1 Å². The second kappa shape index (κ2) is 9.53. The molecule has 0 radical (unpaired) electrons. The Hall–Kier alpha value is -3.74. The average Bonchev–Trinajstić information content (AvgIpc) is 3.65. The molecule has 0 spiro atoms. The van der Waals surface area contributed by atoms with Crippen LogP contribution in [0.1, 0.15) is 24.3 Å². The third-order valence-corrected chi connectivity index (χ3v) is 8.45. The predicted molar refractivity (Wildman–Crippen MR) is 145 cm³/mol. The summed E-state index contributed by atoms with van der Waals surface area (Å²) >= 11 is 1.12. The minimum absolute atomic E-state index is 0.0718. The molecule has 12 heteroatoms. The van der Waals surface area contributed by atoms with E-state index in [1.807, 2.05) is 0 Å². The first-order valence-electron chi connectivity index (χ1n) is 12.9. The third kappa shape index (κ3) is 4.24. The Morgan fingerprint density at radius 2 is 1.89 bits per heavy atom. The summed E-state index contributed by atoms with van der Waals surface area (Å²) in [6, 6.07) is 12.2. The summed E-state index contributed by atoms with van der Waals surface area (Å²) in [5.74, 6) is 2.62. The molecule has 2 saturated heterocycles. The van der Waals surface area contributed by atoms with Crippen LogP contribution in [0.5, 0.6) is 5.75 Å². The smallest absolute Gasteiger partial charge is 0.309 e. The number of anilines is 1. The van der Waals surface area contributed by atoms with Crippen molar-refractivity contribution in [3.63, 3.8) is 0 Å². The number of nitrogens with one attached hydrogen (secondary N) is 1. The lowest BCUT2D eigenvalue weighted by atomic mass is 9.89. The molecule has 1 aromatic carbocycles. The fourth-order valence-electron chi connectivity index (χ4n) is 5.22. The molecule has 4 aromatic heterocycles. The number of likely N-dealkylation sites (tertiary alicyclic amines) is 1. The molecule has 0 saturated carbocycles. The van der Waals surface area contributed by atoms with Crippen LogP contribution >= 0.6 is 11.3 Å². The largest absolute Gasteiger partial charge is 0.488 e. The van der Waals surface area contributed by atoms with Crippen LogP contribution < -0.4 is 20.7 Å². The second-order valence-electron chi connectivity index (χ2n) is 9.87. The maximum absolute atomic E-state index is 12.9. The first-order chi connectivity index (χ1) is 18.6. The van der Waals surface area contributed by atoms with Gasteiger partial charge in [0.1, 0.15) is 16.6 Å². The maximum atomic E-state index is 12.9. The van der Waals surface area contributed by atoms with Gasteiger partial charge in [0.15, 0.2) is 17.1 Å². The highest BCUT2D eigenvalue weighted by molar-refractivity contribution is 7.17. The number of benzene rings is 1. The zero-order chi connectivity index (χ0) is 25.6. The minimum Gasteiger partial charge on any atom is -0.488 e. The van der Waals surface area contributed by atoms with E-state index in [4.69, 9.17) is 14.9 Å². The van der Waals surface area contributed by atoms with E-state index in [0.29, 0.717) is 46.1 Å². The van der Waals surface area contributed by atoms with Gasteiger partial charge in [0, 0.05) is 26.2 Å². The Balaban J connectivity index is 1.02. The van der Waals surface area contributed by atoms with Crippen molar-refractivity contribution in [1.29, 1.82) is 0 Å². The van der Waals surface area contributed by atoms with Crippen molar-refractivity contribution in [2.45, 2.75) is 31.4 Å². The predicted octanol–water partition coefficient (Wildman–Crippen LogP) is 2.57. The van der Waals surface area contributed by atoms with Crippen molar-refractivity contribution in [3.8, 4) is 17.3 Å². The van der Waals surface area contributed by atoms with Crippen LogP contribution in [-0.2, 0) is 6.54 Å². The van der Waals surface area contributed by atoms with Gasteiger partial charge in [-0.15, -0.1) is 5.10 Å². The molecular weight excluding hydrogens is 504 g/mol. The summed E-state index contributed by atoms with van der Waals surface area (Å²) in [6.07, 6.45) is 4.04. The summed E-state index contributed by atoms with van der Waals surface area (Å²) < 4.78 is 15.2. The lowest BCUT2D eigenvalue weighted by molar-refractivity contribution is 0.142. The van der Waals surface area contributed by atoms with Gasteiger partial charge in [-0.05, 0) is 61.7 Å². The van der Waals surface area contributed by atoms with Crippen LogP contribution in [0.3, 0.4) is 0 Å². The molecule has 11 nitrogen and oxygen atoms in total. The highest BCUT2D eigenvalue weighted by Crippen LogP contribution is 2.30. The Bertz CT molecular complexity index is 1630. The number of nitrogens with zero attached hydrogens (tertiary/aromatic N) is 6. The molecule has 0 amide bonds. The highest BCUT2D eigenvalue weighted by Gasteiger charge is 2.23. The molecule has 0 unspecified atom stereocenters. The fourth-order valence-corrected chi connectivity index (χ4v) is 6.16. The quantitative estimate of drug-likeness (QED) is 0.325. The van der Waals surface area contributed by atoms with Crippen molar-refractivity contribution >= 4 is 33.3 Å². The molecule has 5 aromatic rings. The topological polar surface area (TPSA) is 129 Å². The Labute approximate surface area is 221 Å². The lowest BCUT2D eigenvalue weighted by Gasteiger charge is -2.32. The Morgan fingerprint density at radius 1 is 1.08 bits per heavy atom. The molecule has 6 heterocycles. The van der Waals surface area contributed by atoms with Crippen LogP contribution in [0.25, 0.3) is 27.6 Å². The van der Waals surface area contributed by atoms with E-state index in [9.17, 15) is 4.79 Å². The van der Waals surface area contributed by atoms with E-state index in [2.05, 4.69) is 49.5 Å². The van der Waals surface area contributed by atoms with Crippen molar-refractivity contribution < 1.29 is 9.15 Å². The Morgan fingerprint density at radius 3 is 2.61 bits per heavy atom. The van der Waals surface area contributed by atoms with Gasteiger partial charge >= 0.3 is 4.87 Å². The average molecular weight is 533 g/mol. The molecule has 196 valence electrons. The number of furan rings is 1. The summed E-state index contributed by atoms with van der Waals surface area (Å²) in [5, 5.41) is 7.65. The highest BCUT2D eigenvalue weighted by atomic mass is 32.1. The molecule has 0 aliphatic carbocycles. The monoisotopic (exact) mass is 532 g/mol. The number of piperidine rings is 1. The summed E-state index contributed by atoms with van der Waals surface area (Å²) in [4.78, 5) is 24.4. The fraction of sp³-hybridized carbons (Fsp3) is 0.385. The van der Waals surface area contributed by atoms with Crippen molar-refractivity contribution in [1.82, 2.24) is 34.4 Å². The van der Waals surface area contributed by atoms with Gasteiger partial charge in [-0.3, -0.25) is 9.36 Å². The normalized spacial score (nSPS) is 17.4. The Kier molecular flexibility index (Phi) is 5.87. The number of rotatable bonds is 7. The molecular formula is C26H28N8O3S. The zero-order valence-corrected chi connectivity index (χ0v) is 21.6. The molecule has 2 aliphatic heterocycles. The number of fused-ring (bicyclic) bond motifs is 3. The van der Waals surface area contributed by atoms with E-state index in [1.54, 1.807) is 23.0 Å². The summed E-state index contributed by atoms with van der Waals surface area (Å²) in [7, 11) is 0. The molecule has 2 fully saturated rings. The third-order valence-electron chi connectivity index (χ3n) is 7.48. The summed E-state index contributed by atoms with van der Waals surface area (Å²) in [5.41, 5.74) is 8.65. The van der Waals surface area contributed by atoms with E-state index < -0.39 is 0 Å². The molecule has 0 atom stereocenters. The van der Waals surface area contributed by atoms with Gasteiger partial charge in [-0.25, -0.2) is 4.98 Å². The van der Waals surface area contributed by atoms with Crippen LogP contribution in [0, 0.1) is 0 Å². The van der Waals surface area contributed by atoms with Crippen molar-refractivity contribution in [2.75, 3.05) is 38.5 Å². The van der Waals surface area contributed by atoms with Gasteiger partial charge in [0.05, 0.1) is 6.26 Å². The van der Waals surface area contributed by atoms with E-state index in [0.717, 1.165) is 62.7 Å². The number of ether oxygens (including phenoxy) is 1. The van der Waals surface area contributed by atoms with Gasteiger partial charge < -0.3 is 25.1 Å². The van der Waals surface area contributed by atoms with E-state index >= 15 is 0 Å². The van der Waals surface area contributed by atoms with Gasteiger partial charge in [-0.1, -0.05) is 23.5 Å². The van der Waals surface area contributed by atoms with E-state index in [-0.39, 0.29) is 10.8 Å². The number of hydrogen-bond acceptors (Lipinski definition) is 10. The number of aromatic nitrogens is 5. The zero-order valence-electron chi connectivity index (χ0n) is 20.7. The second-order valence-corrected chi connectivity index (χ2v) is 10.8.